The number of hydrogen-bond donors (Lipinski definition) is 2. The van der Waals surface area contributed by atoms with E-state index in [1.54, 1.807) is 11.2 Å². The number of anilines is 1. The van der Waals surface area contributed by atoms with E-state index in [0.717, 1.165) is 62.4 Å². The molecule has 1 aromatic carbocycles. The van der Waals surface area contributed by atoms with Crippen molar-refractivity contribution < 1.29 is 9.64 Å². The van der Waals surface area contributed by atoms with Gasteiger partial charge in [0.05, 0.1) is 18.6 Å². The molecule has 0 amide bonds. The molecular formula is C23H29N4OS+. The van der Waals surface area contributed by atoms with Crippen molar-refractivity contribution in [1.82, 2.24) is 9.97 Å². The van der Waals surface area contributed by atoms with Gasteiger partial charge in [0.15, 0.2) is 0 Å². The molecule has 1 aliphatic heterocycles. The molecule has 0 radical (unpaired) electrons. The fourth-order valence-electron chi connectivity index (χ4n) is 4.60. The summed E-state index contributed by atoms with van der Waals surface area (Å²) >= 11 is 1.86. The molecule has 3 aromatic rings. The number of thiophene rings is 1. The van der Waals surface area contributed by atoms with E-state index in [1.807, 2.05) is 11.3 Å². The minimum absolute atomic E-state index is 0.773. The summed E-state index contributed by atoms with van der Waals surface area (Å²) in [6, 6.07) is 8.80. The number of nitrogens with zero attached hydrogens (tertiary/aromatic N) is 2. The zero-order valence-electron chi connectivity index (χ0n) is 17.0. The number of ether oxygens (including phenoxy) is 1. The highest BCUT2D eigenvalue weighted by atomic mass is 32.1. The maximum atomic E-state index is 5.51. The van der Waals surface area contributed by atoms with Gasteiger partial charge in [-0.1, -0.05) is 31.2 Å². The van der Waals surface area contributed by atoms with Crippen molar-refractivity contribution in [3.05, 3.63) is 52.2 Å². The van der Waals surface area contributed by atoms with Gasteiger partial charge in [-0.25, -0.2) is 9.97 Å². The van der Waals surface area contributed by atoms with Crippen LogP contribution in [0, 0.1) is 5.92 Å². The second-order valence-electron chi connectivity index (χ2n) is 8.42. The Morgan fingerprint density at radius 1 is 1.17 bits per heavy atom. The molecule has 0 unspecified atom stereocenters. The molecule has 6 heteroatoms. The third-order valence-corrected chi connectivity index (χ3v) is 7.46. The molecule has 0 bridgehead atoms. The largest absolute Gasteiger partial charge is 0.370 e. The molecule has 2 N–H and O–H groups in total. The number of hydrogen-bond acceptors (Lipinski definition) is 5. The number of rotatable bonds is 5. The molecule has 2 aliphatic rings. The SMILES string of the molecule is C[C@H]1CCc2c(sc3ncnc(NCc4ccccc4C[NH+]4CCOCC4)c23)C1. The van der Waals surface area contributed by atoms with Gasteiger partial charge in [0.25, 0.3) is 0 Å². The molecule has 0 spiro atoms. The molecule has 0 saturated carbocycles. The van der Waals surface area contributed by atoms with Crippen LogP contribution in [0.1, 0.15) is 34.9 Å². The molecule has 1 fully saturated rings. The average molecular weight is 410 g/mol. The van der Waals surface area contributed by atoms with Crippen molar-refractivity contribution in [3.63, 3.8) is 0 Å². The van der Waals surface area contributed by atoms with Crippen molar-refractivity contribution in [3.8, 4) is 0 Å². The van der Waals surface area contributed by atoms with Crippen LogP contribution < -0.4 is 10.2 Å². The number of quaternary nitrogens is 1. The zero-order valence-corrected chi connectivity index (χ0v) is 17.9. The van der Waals surface area contributed by atoms with Crippen LogP contribution in [0.2, 0.25) is 0 Å². The van der Waals surface area contributed by atoms with Gasteiger partial charge in [-0.2, -0.15) is 0 Å². The summed E-state index contributed by atoms with van der Waals surface area (Å²) in [7, 11) is 0. The maximum absolute atomic E-state index is 5.51. The molecule has 1 atom stereocenters. The van der Waals surface area contributed by atoms with E-state index in [-0.39, 0.29) is 0 Å². The van der Waals surface area contributed by atoms with Gasteiger partial charge in [0.2, 0.25) is 0 Å². The monoisotopic (exact) mass is 409 g/mol. The van der Waals surface area contributed by atoms with Crippen LogP contribution in [0.3, 0.4) is 0 Å². The van der Waals surface area contributed by atoms with Crippen molar-refractivity contribution >= 4 is 27.4 Å². The zero-order chi connectivity index (χ0) is 19.6. The Hall–Kier alpha value is -2.02. The fourth-order valence-corrected chi connectivity index (χ4v) is 5.95. The number of nitrogens with one attached hydrogen (secondary N) is 2. The second-order valence-corrected chi connectivity index (χ2v) is 9.50. The number of aryl methyl sites for hydroxylation is 1. The van der Waals surface area contributed by atoms with Crippen molar-refractivity contribution in [2.24, 2.45) is 5.92 Å². The maximum Gasteiger partial charge on any atom is 0.138 e. The summed E-state index contributed by atoms with van der Waals surface area (Å²) in [5.74, 6) is 1.77. The Kier molecular flexibility index (Phi) is 5.48. The Morgan fingerprint density at radius 2 is 2.00 bits per heavy atom. The predicted octanol–water partition coefficient (Wildman–Crippen LogP) is 2.84. The van der Waals surface area contributed by atoms with Crippen LogP contribution in [0.15, 0.2) is 30.6 Å². The van der Waals surface area contributed by atoms with Crippen LogP contribution >= 0.6 is 11.3 Å². The fraction of sp³-hybridized carbons (Fsp3) is 0.478. The van der Waals surface area contributed by atoms with Gasteiger partial charge in [0.1, 0.15) is 36.6 Å². The van der Waals surface area contributed by atoms with Crippen molar-refractivity contribution in [2.75, 3.05) is 31.6 Å². The Bertz CT molecular complexity index is 996. The standard InChI is InChI=1S/C23H28N4OS/c1-16-6-7-19-20(12-16)29-23-21(19)22(25-15-26-23)24-13-17-4-2-3-5-18(17)14-27-8-10-28-11-9-27/h2-5,15-16H,6-14H2,1H3,(H,24,25,26)/p+1/t16-/m0/s1. The Morgan fingerprint density at radius 3 is 2.86 bits per heavy atom. The molecule has 1 saturated heterocycles. The highest BCUT2D eigenvalue weighted by Gasteiger charge is 2.23. The smallest absolute Gasteiger partial charge is 0.138 e. The number of benzene rings is 1. The van der Waals surface area contributed by atoms with Crippen LogP contribution in [0.5, 0.6) is 0 Å². The third-order valence-electron chi connectivity index (χ3n) is 6.30. The number of aromatic nitrogens is 2. The average Bonchev–Trinajstić information content (AvgIpc) is 3.12. The number of morpholine rings is 1. The third kappa shape index (κ3) is 4.02. The lowest BCUT2D eigenvalue weighted by atomic mass is 9.89. The van der Waals surface area contributed by atoms with Gasteiger partial charge >= 0.3 is 0 Å². The minimum Gasteiger partial charge on any atom is -0.370 e. The Balaban J connectivity index is 1.37. The van der Waals surface area contributed by atoms with Crippen molar-refractivity contribution in [2.45, 2.75) is 39.3 Å². The summed E-state index contributed by atoms with van der Waals surface area (Å²) < 4.78 is 5.51. The predicted molar refractivity (Wildman–Crippen MR) is 118 cm³/mol. The molecule has 2 aromatic heterocycles. The first-order valence-electron chi connectivity index (χ1n) is 10.7. The van der Waals surface area contributed by atoms with Crippen LogP contribution in [-0.2, 0) is 30.7 Å². The quantitative estimate of drug-likeness (QED) is 0.680. The van der Waals surface area contributed by atoms with Crippen LogP contribution in [0.25, 0.3) is 10.2 Å². The minimum atomic E-state index is 0.773. The normalized spacial score (nSPS) is 20.0. The first-order valence-corrected chi connectivity index (χ1v) is 11.6. The summed E-state index contributed by atoms with van der Waals surface area (Å²) in [6.45, 7) is 8.14. The molecule has 152 valence electrons. The van der Waals surface area contributed by atoms with E-state index in [4.69, 9.17) is 4.74 Å². The summed E-state index contributed by atoms with van der Waals surface area (Å²) in [6.07, 6.45) is 5.30. The molecular weight excluding hydrogens is 380 g/mol. The summed E-state index contributed by atoms with van der Waals surface area (Å²) in [4.78, 5) is 13.5. The van der Waals surface area contributed by atoms with Crippen LogP contribution in [-0.4, -0.2) is 36.3 Å². The van der Waals surface area contributed by atoms with E-state index < -0.39 is 0 Å². The number of fused-ring (bicyclic) bond motifs is 3. The topological polar surface area (TPSA) is 51.5 Å². The van der Waals surface area contributed by atoms with E-state index in [0.29, 0.717) is 0 Å². The van der Waals surface area contributed by atoms with E-state index in [1.165, 1.54) is 39.8 Å². The highest BCUT2D eigenvalue weighted by Crippen LogP contribution is 2.39. The van der Waals surface area contributed by atoms with Gasteiger partial charge in [-0.05, 0) is 36.3 Å². The van der Waals surface area contributed by atoms with Gasteiger partial charge in [-0.3, -0.25) is 0 Å². The lowest BCUT2D eigenvalue weighted by Gasteiger charge is -2.24. The van der Waals surface area contributed by atoms with E-state index in [9.17, 15) is 0 Å². The lowest BCUT2D eigenvalue weighted by Crippen LogP contribution is -3.12. The second kappa shape index (κ2) is 8.38. The Labute approximate surface area is 176 Å². The van der Waals surface area contributed by atoms with Gasteiger partial charge in [0, 0.05) is 17.0 Å². The summed E-state index contributed by atoms with van der Waals surface area (Å²) in [5.41, 5.74) is 4.26. The highest BCUT2D eigenvalue weighted by molar-refractivity contribution is 7.19. The first kappa shape index (κ1) is 19.0. The molecule has 5 nitrogen and oxygen atoms in total. The molecule has 29 heavy (non-hydrogen) atoms. The lowest BCUT2D eigenvalue weighted by molar-refractivity contribution is -0.921. The van der Waals surface area contributed by atoms with Crippen LogP contribution in [0.4, 0.5) is 5.82 Å². The molecule has 3 heterocycles. The summed E-state index contributed by atoms with van der Waals surface area (Å²) in [5, 5.41) is 4.91. The molecule has 1 aliphatic carbocycles. The molecule has 5 rings (SSSR count). The van der Waals surface area contributed by atoms with E-state index >= 15 is 0 Å². The van der Waals surface area contributed by atoms with E-state index in [2.05, 4.69) is 46.5 Å². The van der Waals surface area contributed by atoms with Crippen molar-refractivity contribution in [1.29, 1.82) is 0 Å². The first-order chi connectivity index (χ1) is 14.3. The van der Waals surface area contributed by atoms with Gasteiger partial charge in [-0.15, -0.1) is 11.3 Å². The van der Waals surface area contributed by atoms with Gasteiger partial charge < -0.3 is 15.0 Å².